The summed E-state index contributed by atoms with van der Waals surface area (Å²) in [7, 11) is 0. The third-order valence-corrected chi connectivity index (χ3v) is 4.23. The lowest BCUT2D eigenvalue weighted by atomic mass is 10.1. The molecule has 0 saturated carbocycles. The number of aliphatic carboxylic acids is 1. The Bertz CT molecular complexity index is 995. The van der Waals surface area contributed by atoms with Crippen molar-refractivity contribution in [2.45, 2.75) is 26.0 Å². The van der Waals surface area contributed by atoms with Crippen LogP contribution in [0, 0.1) is 5.82 Å². The normalized spacial score (nSPS) is 12.1. The topological polar surface area (TPSA) is 68.5 Å². The van der Waals surface area contributed by atoms with Crippen molar-refractivity contribution in [1.82, 2.24) is 4.57 Å². The zero-order chi connectivity index (χ0) is 18.7. The van der Waals surface area contributed by atoms with E-state index in [-0.39, 0.29) is 18.0 Å². The van der Waals surface area contributed by atoms with Crippen molar-refractivity contribution in [2.75, 3.05) is 0 Å². The van der Waals surface area contributed by atoms with Gasteiger partial charge in [0.1, 0.15) is 24.2 Å². The van der Waals surface area contributed by atoms with Crippen molar-refractivity contribution in [2.24, 2.45) is 0 Å². The average Bonchev–Trinajstić information content (AvgIpc) is 2.63. The minimum Gasteiger partial charge on any atom is -0.489 e. The number of carboxylic acid groups (broad SMARTS) is 1. The number of carbonyl (C=O) groups is 1. The maximum atomic E-state index is 12.9. The zero-order valence-corrected chi connectivity index (χ0v) is 14.2. The molecule has 1 heterocycles. The van der Waals surface area contributed by atoms with E-state index in [4.69, 9.17) is 4.74 Å². The lowest BCUT2D eigenvalue weighted by Gasteiger charge is -2.14. The van der Waals surface area contributed by atoms with Crippen LogP contribution >= 0.6 is 0 Å². The van der Waals surface area contributed by atoms with E-state index in [0.717, 1.165) is 5.56 Å². The maximum Gasteiger partial charge on any atom is 0.326 e. The standard InChI is InChI=1S/C20H18FNO4/c1-2-18(20(24)25)22-10-9-14-11-16(7-8-17(14)19(22)23)26-12-13-3-5-15(21)6-4-13/h3-11,18H,2,12H2,1H3,(H,24,25). The molecule has 0 saturated heterocycles. The van der Waals surface area contributed by atoms with Crippen molar-refractivity contribution >= 4 is 16.7 Å². The van der Waals surface area contributed by atoms with Crippen LogP contribution in [0.5, 0.6) is 5.75 Å². The van der Waals surface area contributed by atoms with Gasteiger partial charge in [-0.3, -0.25) is 4.79 Å². The molecule has 1 unspecified atom stereocenters. The van der Waals surface area contributed by atoms with Crippen LogP contribution in [0.15, 0.2) is 59.5 Å². The van der Waals surface area contributed by atoms with Crippen LogP contribution in [0.3, 0.4) is 0 Å². The highest BCUT2D eigenvalue weighted by atomic mass is 19.1. The SMILES string of the molecule is CCC(C(=O)O)n1ccc2cc(OCc3ccc(F)cc3)ccc2c1=O. The fraction of sp³-hybridized carbons (Fsp3) is 0.200. The van der Waals surface area contributed by atoms with E-state index >= 15 is 0 Å². The molecule has 3 rings (SSSR count). The smallest absolute Gasteiger partial charge is 0.326 e. The monoisotopic (exact) mass is 355 g/mol. The number of hydrogen-bond donors (Lipinski definition) is 1. The number of nitrogens with zero attached hydrogens (tertiary/aromatic N) is 1. The summed E-state index contributed by atoms with van der Waals surface area (Å²) in [6.45, 7) is 2.00. The lowest BCUT2D eigenvalue weighted by Crippen LogP contribution is -2.29. The molecule has 0 amide bonds. The molecule has 3 aromatic rings. The van der Waals surface area contributed by atoms with Crippen LogP contribution in [0.1, 0.15) is 24.9 Å². The second-order valence-electron chi connectivity index (χ2n) is 5.95. The predicted octanol–water partition coefficient (Wildman–Crippen LogP) is 3.76. The van der Waals surface area contributed by atoms with Crippen LogP contribution in [0.2, 0.25) is 0 Å². The molecule has 26 heavy (non-hydrogen) atoms. The first-order valence-corrected chi connectivity index (χ1v) is 8.24. The van der Waals surface area contributed by atoms with Crippen LogP contribution in [-0.2, 0) is 11.4 Å². The minimum atomic E-state index is -1.03. The molecule has 0 bridgehead atoms. The van der Waals surface area contributed by atoms with Gasteiger partial charge in [0.15, 0.2) is 0 Å². The van der Waals surface area contributed by atoms with Gasteiger partial charge in [0.05, 0.1) is 0 Å². The van der Waals surface area contributed by atoms with Crippen LogP contribution < -0.4 is 10.3 Å². The van der Waals surface area contributed by atoms with Crippen molar-refractivity contribution in [3.05, 3.63) is 76.5 Å². The Morgan fingerprint density at radius 1 is 1.19 bits per heavy atom. The van der Waals surface area contributed by atoms with E-state index in [1.807, 2.05) is 0 Å². The second kappa shape index (κ2) is 7.39. The quantitative estimate of drug-likeness (QED) is 0.731. The second-order valence-corrected chi connectivity index (χ2v) is 5.95. The number of carboxylic acids is 1. The van der Waals surface area contributed by atoms with Crippen molar-refractivity contribution in [3.63, 3.8) is 0 Å². The molecular formula is C20H18FNO4. The summed E-state index contributed by atoms with van der Waals surface area (Å²) in [5.74, 6) is -0.764. The van der Waals surface area contributed by atoms with Gasteiger partial charge in [0, 0.05) is 11.6 Å². The summed E-state index contributed by atoms with van der Waals surface area (Å²) >= 11 is 0. The van der Waals surface area contributed by atoms with E-state index in [1.165, 1.54) is 22.9 Å². The van der Waals surface area contributed by atoms with Crippen LogP contribution in [-0.4, -0.2) is 15.6 Å². The van der Waals surface area contributed by atoms with Crippen LogP contribution in [0.25, 0.3) is 10.8 Å². The molecule has 5 nitrogen and oxygen atoms in total. The van der Waals surface area contributed by atoms with Gasteiger partial charge in [0.25, 0.3) is 5.56 Å². The third-order valence-electron chi connectivity index (χ3n) is 4.23. The van der Waals surface area contributed by atoms with Gasteiger partial charge in [-0.25, -0.2) is 9.18 Å². The summed E-state index contributed by atoms with van der Waals surface area (Å²) < 4.78 is 19.8. The molecule has 0 aliphatic carbocycles. The van der Waals surface area contributed by atoms with E-state index in [9.17, 15) is 19.1 Å². The van der Waals surface area contributed by atoms with Gasteiger partial charge < -0.3 is 14.4 Å². The summed E-state index contributed by atoms with van der Waals surface area (Å²) in [6, 6.07) is 11.9. The number of ether oxygens (including phenoxy) is 1. The number of rotatable bonds is 6. The molecule has 6 heteroatoms. The Labute approximate surface area is 149 Å². The lowest BCUT2D eigenvalue weighted by molar-refractivity contribution is -0.141. The molecule has 0 aliphatic rings. The Balaban J connectivity index is 1.86. The molecule has 0 spiro atoms. The fourth-order valence-corrected chi connectivity index (χ4v) is 2.81. The third kappa shape index (κ3) is 3.59. The zero-order valence-electron chi connectivity index (χ0n) is 14.2. The Kier molecular flexibility index (Phi) is 5.02. The average molecular weight is 355 g/mol. The first-order valence-electron chi connectivity index (χ1n) is 8.24. The first kappa shape index (κ1) is 17.7. The van der Waals surface area contributed by atoms with Gasteiger partial charge in [0.2, 0.25) is 0 Å². The Morgan fingerprint density at radius 3 is 2.58 bits per heavy atom. The van der Waals surface area contributed by atoms with Crippen molar-refractivity contribution < 1.29 is 19.0 Å². The number of benzene rings is 2. The highest BCUT2D eigenvalue weighted by Gasteiger charge is 2.19. The molecule has 134 valence electrons. The van der Waals surface area contributed by atoms with E-state index < -0.39 is 12.0 Å². The fourth-order valence-electron chi connectivity index (χ4n) is 2.81. The Hall–Kier alpha value is -3.15. The highest BCUT2D eigenvalue weighted by Crippen LogP contribution is 2.21. The Morgan fingerprint density at radius 2 is 1.92 bits per heavy atom. The largest absolute Gasteiger partial charge is 0.489 e. The van der Waals surface area contributed by atoms with E-state index in [0.29, 0.717) is 22.9 Å². The van der Waals surface area contributed by atoms with Crippen molar-refractivity contribution in [1.29, 1.82) is 0 Å². The summed E-state index contributed by atoms with van der Waals surface area (Å²) in [5, 5.41) is 10.4. The van der Waals surface area contributed by atoms with Gasteiger partial charge in [-0.2, -0.15) is 0 Å². The predicted molar refractivity (Wildman–Crippen MR) is 95.9 cm³/mol. The molecule has 1 N–H and O–H groups in total. The molecule has 0 fully saturated rings. The van der Waals surface area contributed by atoms with Crippen molar-refractivity contribution in [3.8, 4) is 5.75 Å². The van der Waals surface area contributed by atoms with Gasteiger partial charge in [-0.05, 0) is 53.8 Å². The first-order chi connectivity index (χ1) is 12.5. The molecule has 1 atom stereocenters. The van der Waals surface area contributed by atoms with E-state index in [2.05, 4.69) is 0 Å². The molecular weight excluding hydrogens is 337 g/mol. The van der Waals surface area contributed by atoms with Gasteiger partial charge >= 0.3 is 5.97 Å². The minimum absolute atomic E-state index is 0.278. The number of halogens is 1. The molecule has 0 radical (unpaired) electrons. The molecule has 0 aliphatic heterocycles. The van der Waals surface area contributed by atoms with Gasteiger partial charge in [-0.1, -0.05) is 19.1 Å². The maximum absolute atomic E-state index is 12.9. The molecule has 1 aromatic heterocycles. The number of pyridine rings is 1. The summed E-state index contributed by atoms with van der Waals surface area (Å²) in [4.78, 5) is 23.9. The number of hydrogen-bond acceptors (Lipinski definition) is 3. The number of fused-ring (bicyclic) bond motifs is 1. The number of aromatic nitrogens is 1. The summed E-state index contributed by atoms with van der Waals surface area (Å²) in [6.07, 6.45) is 1.82. The van der Waals surface area contributed by atoms with E-state index in [1.54, 1.807) is 43.3 Å². The van der Waals surface area contributed by atoms with Gasteiger partial charge in [-0.15, -0.1) is 0 Å². The molecule has 2 aromatic carbocycles. The van der Waals surface area contributed by atoms with Crippen LogP contribution in [0.4, 0.5) is 4.39 Å². The highest BCUT2D eigenvalue weighted by molar-refractivity contribution is 5.83. The summed E-state index contributed by atoms with van der Waals surface area (Å²) in [5.41, 5.74) is 0.482.